The maximum atomic E-state index is 11.9. The summed E-state index contributed by atoms with van der Waals surface area (Å²) in [5, 5.41) is 10.5. The largest absolute Gasteiger partial charge is 0.462 e. The summed E-state index contributed by atoms with van der Waals surface area (Å²) < 4.78 is 5.62. The molecule has 0 aliphatic heterocycles. The quantitative estimate of drug-likeness (QED) is 0.790. The van der Waals surface area contributed by atoms with E-state index in [2.05, 4.69) is 0 Å². The van der Waals surface area contributed by atoms with Crippen LogP contribution in [0.25, 0.3) is 0 Å². The number of esters is 1. The zero-order valence-corrected chi connectivity index (χ0v) is 12.8. The maximum Gasteiger partial charge on any atom is 0.308 e. The number of aliphatic hydroxyl groups is 1. The van der Waals surface area contributed by atoms with Gasteiger partial charge in [0.2, 0.25) is 0 Å². The molecule has 0 saturated heterocycles. The summed E-state index contributed by atoms with van der Waals surface area (Å²) >= 11 is 0. The van der Waals surface area contributed by atoms with Gasteiger partial charge in [0, 0.05) is 0 Å². The average molecular weight is 270 g/mol. The van der Waals surface area contributed by atoms with E-state index in [1.807, 2.05) is 20.8 Å². The van der Waals surface area contributed by atoms with Crippen LogP contribution in [0.15, 0.2) is 0 Å². The van der Waals surface area contributed by atoms with Crippen molar-refractivity contribution in [1.29, 1.82) is 0 Å². The molecule has 0 aromatic heterocycles. The monoisotopic (exact) mass is 270 g/mol. The fourth-order valence-corrected chi connectivity index (χ4v) is 2.62. The van der Waals surface area contributed by atoms with Crippen molar-refractivity contribution in [2.24, 2.45) is 5.92 Å². The number of ether oxygens (including phenoxy) is 1. The number of rotatable bonds is 4. The number of hydrogen-bond acceptors (Lipinski definition) is 3. The smallest absolute Gasteiger partial charge is 0.308 e. The van der Waals surface area contributed by atoms with E-state index >= 15 is 0 Å². The molecule has 0 spiro atoms. The molecular formula is C16H30O3. The van der Waals surface area contributed by atoms with Crippen molar-refractivity contribution >= 4 is 5.97 Å². The van der Waals surface area contributed by atoms with Gasteiger partial charge in [-0.05, 0) is 44.9 Å². The van der Waals surface area contributed by atoms with Crippen molar-refractivity contribution < 1.29 is 14.6 Å². The van der Waals surface area contributed by atoms with E-state index in [0.29, 0.717) is 0 Å². The van der Waals surface area contributed by atoms with Crippen LogP contribution in [-0.2, 0) is 9.53 Å². The summed E-state index contributed by atoms with van der Waals surface area (Å²) in [6.45, 7) is 5.96. The molecule has 1 aliphatic rings. The Morgan fingerprint density at radius 2 is 2.00 bits per heavy atom. The maximum absolute atomic E-state index is 11.9. The standard InChI is InChI=1S/C16H30O3/c1-4-13(3)15(17)19-14-9-7-6-8-11-16(18,5-2)12-10-14/h13-14,18H,4-12H2,1-3H3. The van der Waals surface area contributed by atoms with Gasteiger partial charge in [-0.2, -0.15) is 0 Å². The highest BCUT2D eigenvalue weighted by atomic mass is 16.5. The molecule has 3 nitrogen and oxygen atoms in total. The average Bonchev–Trinajstić information content (AvgIpc) is 2.50. The third-order valence-corrected chi connectivity index (χ3v) is 4.56. The van der Waals surface area contributed by atoms with Gasteiger partial charge in [0.25, 0.3) is 0 Å². The highest BCUT2D eigenvalue weighted by Crippen LogP contribution is 2.29. The highest BCUT2D eigenvalue weighted by Gasteiger charge is 2.28. The first-order valence-corrected chi connectivity index (χ1v) is 7.93. The lowest BCUT2D eigenvalue weighted by atomic mass is 9.89. The molecule has 19 heavy (non-hydrogen) atoms. The second kappa shape index (κ2) is 7.88. The fraction of sp³-hybridized carbons (Fsp3) is 0.938. The molecule has 1 rings (SSSR count). The first-order chi connectivity index (χ1) is 9.00. The van der Waals surface area contributed by atoms with E-state index < -0.39 is 5.60 Å². The van der Waals surface area contributed by atoms with Crippen molar-refractivity contribution in [3.8, 4) is 0 Å². The topological polar surface area (TPSA) is 46.5 Å². The van der Waals surface area contributed by atoms with Crippen molar-refractivity contribution in [3.05, 3.63) is 0 Å². The zero-order chi connectivity index (χ0) is 14.3. The van der Waals surface area contributed by atoms with E-state index in [-0.39, 0.29) is 18.0 Å². The van der Waals surface area contributed by atoms with E-state index in [1.54, 1.807) is 0 Å². The summed E-state index contributed by atoms with van der Waals surface area (Å²) in [6, 6.07) is 0. The Balaban J connectivity index is 2.54. The molecular weight excluding hydrogens is 240 g/mol. The first kappa shape index (κ1) is 16.5. The minimum Gasteiger partial charge on any atom is -0.462 e. The molecule has 0 bridgehead atoms. The van der Waals surface area contributed by atoms with Crippen LogP contribution in [-0.4, -0.2) is 22.8 Å². The van der Waals surface area contributed by atoms with Gasteiger partial charge in [-0.25, -0.2) is 0 Å². The lowest BCUT2D eigenvalue weighted by Crippen LogP contribution is -2.30. The van der Waals surface area contributed by atoms with Gasteiger partial charge in [-0.3, -0.25) is 4.79 Å². The molecule has 0 radical (unpaired) electrons. The normalized spacial score (nSPS) is 30.8. The number of hydrogen-bond donors (Lipinski definition) is 1. The molecule has 0 amide bonds. The number of carbonyl (C=O) groups is 1. The Bertz CT molecular complexity index is 277. The van der Waals surface area contributed by atoms with Crippen molar-refractivity contribution in [2.75, 3.05) is 0 Å². The van der Waals surface area contributed by atoms with Crippen LogP contribution in [0.1, 0.15) is 78.6 Å². The molecule has 1 saturated carbocycles. The molecule has 1 aliphatic carbocycles. The van der Waals surface area contributed by atoms with Gasteiger partial charge < -0.3 is 9.84 Å². The predicted molar refractivity (Wildman–Crippen MR) is 76.9 cm³/mol. The van der Waals surface area contributed by atoms with Crippen LogP contribution in [0.3, 0.4) is 0 Å². The van der Waals surface area contributed by atoms with Crippen LogP contribution < -0.4 is 0 Å². The van der Waals surface area contributed by atoms with Crippen molar-refractivity contribution in [1.82, 2.24) is 0 Å². The second-order valence-electron chi connectivity index (χ2n) is 6.08. The third kappa shape index (κ3) is 5.52. The van der Waals surface area contributed by atoms with Gasteiger partial charge >= 0.3 is 5.97 Å². The van der Waals surface area contributed by atoms with Gasteiger partial charge in [0.15, 0.2) is 0 Å². The highest BCUT2D eigenvalue weighted by molar-refractivity contribution is 5.72. The van der Waals surface area contributed by atoms with E-state index in [9.17, 15) is 9.90 Å². The SMILES string of the molecule is CCC(C)C(=O)OC1CCCCCC(O)(CC)CC1. The lowest BCUT2D eigenvalue weighted by Gasteiger charge is -2.28. The second-order valence-corrected chi connectivity index (χ2v) is 6.08. The summed E-state index contributed by atoms with van der Waals surface area (Å²) in [5.41, 5.74) is -0.550. The summed E-state index contributed by atoms with van der Waals surface area (Å²) in [4.78, 5) is 11.9. The van der Waals surface area contributed by atoms with E-state index in [1.165, 1.54) is 0 Å². The number of carbonyl (C=O) groups excluding carboxylic acids is 1. The Morgan fingerprint density at radius 3 is 2.63 bits per heavy atom. The van der Waals surface area contributed by atoms with Crippen molar-refractivity contribution in [2.45, 2.75) is 90.3 Å². The van der Waals surface area contributed by atoms with Crippen LogP contribution in [0, 0.1) is 5.92 Å². The van der Waals surface area contributed by atoms with Gasteiger partial charge in [-0.15, -0.1) is 0 Å². The molecule has 0 aromatic carbocycles. The Labute approximate surface area is 117 Å². The van der Waals surface area contributed by atoms with E-state index in [4.69, 9.17) is 4.74 Å². The first-order valence-electron chi connectivity index (χ1n) is 7.93. The van der Waals surface area contributed by atoms with E-state index in [0.717, 1.165) is 57.8 Å². The van der Waals surface area contributed by atoms with Crippen molar-refractivity contribution in [3.63, 3.8) is 0 Å². The Kier molecular flexibility index (Phi) is 6.84. The van der Waals surface area contributed by atoms with Crippen LogP contribution in [0.4, 0.5) is 0 Å². The van der Waals surface area contributed by atoms with Gasteiger partial charge in [0.1, 0.15) is 6.10 Å². The molecule has 3 heteroatoms. The minimum atomic E-state index is -0.550. The zero-order valence-electron chi connectivity index (χ0n) is 12.8. The molecule has 1 N–H and O–H groups in total. The Hall–Kier alpha value is -0.570. The molecule has 112 valence electrons. The van der Waals surface area contributed by atoms with Crippen LogP contribution >= 0.6 is 0 Å². The summed E-state index contributed by atoms with van der Waals surface area (Å²) in [5.74, 6) is -0.0931. The molecule has 3 atom stereocenters. The fourth-order valence-electron chi connectivity index (χ4n) is 2.62. The summed E-state index contributed by atoms with van der Waals surface area (Å²) in [6.07, 6.45) is 8.29. The van der Waals surface area contributed by atoms with Crippen LogP contribution in [0.2, 0.25) is 0 Å². The lowest BCUT2D eigenvalue weighted by molar-refractivity contribution is -0.155. The molecule has 3 unspecified atom stereocenters. The van der Waals surface area contributed by atoms with Gasteiger partial charge in [-0.1, -0.05) is 33.6 Å². The molecule has 0 aromatic rings. The minimum absolute atomic E-state index is 0.00215. The van der Waals surface area contributed by atoms with Crippen LogP contribution in [0.5, 0.6) is 0 Å². The third-order valence-electron chi connectivity index (χ3n) is 4.56. The Morgan fingerprint density at radius 1 is 1.26 bits per heavy atom. The van der Waals surface area contributed by atoms with Gasteiger partial charge in [0.05, 0.1) is 11.5 Å². The predicted octanol–water partition coefficient (Wildman–Crippen LogP) is 3.83. The molecule has 0 heterocycles. The summed E-state index contributed by atoms with van der Waals surface area (Å²) in [7, 11) is 0. The molecule has 1 fully saturated rings.